The molecule has 0 aliphatic carbocycles. The number of imidazole rings is 1. The van der Waals surface area contributed by atoms with Crippen molar-refractivity contribution in [2.75, 3.05) is 5.75 Å². The van der Waals surface area contributed by atoms with Gasteiger partial charge in [0.15, 0.2) is 5.16 Å². The average Bonchev–Trinajstić information content (AvgIpc) is 2.65. The molecule has 2 rings (SSSR count). The smallest absolute Gasteiger partial charge is 0.313 e. The normalized spacial score (nSPS) is 11.4. The van der Waals surface area contributed by atoms with E-state index in [0.717, 1.165) is 17.8 Å². The lowest BCUT2D eigenvalue weighted by atomic mass is 10.3. The van der Waals surface area contributed by atoms with E-state index in [0.29, 0.717) is 5.52 Å². The van der Waals surface area contributed by atoms with Crippen LogP contribution in [0.4, 0.5) is 13.2 Å². The first-order chi connectivity index (χ1) is 9.38. The molecule has 4 nitrogen and oxygen atoms in total. The van der Waals surface area contributed by atoms with Crippen LogP contribution in [0.15, 0.2) is 21.8 Å². The molecule has 0 atom stereocenters. The number of carbonyl (C=O) groups is 1. The zero-order valence-electron chi connectivity index (χ0n) is 9.82. The zero-order valence-corrected chi connectivity index (χ0v) is 12.2. The van der Waals surface area contributed by atoms with Crippen LogP contribution in [0.5, 0.6) is 0 Å². The third kappa shape index (κ3) is 3.26. The van der Waals surface area contributed by atoms with Crippen LogP contribution in [-0.4, -0.2) is 32.8 Å². The summed E-state index contributed by atoms with van der Waals surface area (Å²) in [5, 5.41) is 8.76. The molecule has 0 bridgehead atoms. The molecule has 0 radical (unpaired) electrons. The largest absolute Gasteiger partial charge is 0.481 e. The molecule has 0 amide bonds. The second-order valence-corrected chi connectivity index (χ2v) is 5.63. The topological polar surface area (TPSA) is 55.1 Å². The van der Waals surface area contributed by atoms with Gasteiger partial charge in [-0.3, -0.25) is 4.79 Å². The molecular formula is C11H8BrF3N2O2S. The number of hydrogen-bond acceptors (Lipinski definition) is 3. The van der Waals surface area contributed by atoms with Crippen molar-refractivity contribution in [3.8, 4) is 0 Å². The van der Waals surface area contributed by atoms with Gasteiger partial charge in [-0.1, -0.05) is 11.8 Å². The van der Waals surface area contributed by atoms with Gasteiger partial charge in [-0.05, 0) is 22.0 Å². The van der Waals surface area contributed by atoms with Gasteiger partial charge in [-0.15, -0.1) is 0 Å². The Kier molecular flexibility index (Phi) is 4.59. The number of rotatable bonds is 5. The van der Waals surface area contributed by atoms with Gasteiger partial charge in [0.05, 0.1) is 27.8 Å². The molecule has 0 saturated heterocycles. The number of fused-ring (bicyclic) bond motifs is 1. The van der Waals surface area contributed by atoms with E-state index in [2.05, 4.69) is 20.9 Å². The van der Waals surface area contributed by atoms with Crippen molar-refractivity contribution in [3.05, 3.63) is 22.4 Å². The number of aliphatic carboxylic acids is 1. The summed E-state index contributed by atoms with van der Waals surface area (Å²) in [7, 11) is 0. The number of hydrogen-bond donors (Lipinski definition) is 1. The van der Waals surface area contributed by atoms with Gasteiger partial charge in [0.1, 0.15) is 5.82 Å². The molecule has 0 fully saturated rings. The molecule has 9 heteroatoms. The second kappa shape index (κ2) is 6.04. The van der Waals surface area contributed by atoms with Gasteiger partial charge in [0, 0.05) is 6.07 Å². The van der Waals surface area contributed by atoms with E-state index in [9.17, 15) is 18.0 Å². The zero-order chi connectivity index (χ0) is 14.9. The highest BCUT2D eigenvalue weighted by Gasteiger charge is 2.17. The summed E-state index contributed by atoms with van der Waals surface area (Å²) in [6, 6.07) is 2.47. The number of nitrogens with zero attached hydrogens (tertiary/aromatic N) is 2. The Bertz CT molecular complexity index is 663. The molecule has 0 aliphatic rings. The molecule has 108 valence electrons. The summed E-state index contributed by atoms with van der Waals surface area (Å²) < 4.78 is 40.0. The Morgan fingerprint density at radius 2 is 2.20 bits per heavy atom. The van der Waals surface area contributed by atoms with E-state index in [1.165, 1.54) is 10.6 Å². The number of thioether (sulfide) groups is 1. The molecule has 1 heterocycles. The molecule has 0 spiro atoms. The van der Waals surface area contributed by atoms with E-state index in [1.807, 2.05) is 0 Å². The Labute approximate surface area is 124 Å². The van der Waals surface area contributed by atoms with Crippen molar-refractivity contribution in [1.29, 1.82) is 0 Å². The number of halogens is 4. The first kappa shape index (κ1) is 15.2. The minimum Gasteiger partial charge on any atom is -0.481 e. The second-order valence-electron chi connectivity index (χ2n) is 3.83. The fourth-order valence-corrected chi connectivity index (χ4v) is 2.72. The monoisotopic (exact) mass is 368 g/mol. The standard InChI is InChI=1S/C11H8BrF3N2O2S/c12-5-1-8-7(2-6(5)13)16-11(20-4-10(18)19)17(8)3-9(14)15/h1-2,9H,3-4H2,(H,18,19). The van der Waals surface area contributed by atoms with Crippen LogP contribution in [0.2, 0.25) is 0 Å². The SMILES string of the molecule is O=C(O)CSc1nc2cc(F)c(Br)cc2n1CC(F)F. The minimum absolute atomic E-state index is 0.125. The van der Waals surface area contributed by atoms with Gasteiger partial charge in [0.2, 0.25) is 0 Å². The van der Waals surface area contributed by atoms with Gasteiger partial charge >= 0.3 is 5.97 Å². The molecule has 1 aromatic carbocycles. The first-order valence-electron chi connectivity index (χ1n) is 5.36. The molecule has 0 unspecified atom stereocenters. The highest BCUT2D eigenvalue weighted by atomic mass is 79.9. The third-order valence-electron chi connectivity index (χ3n) is 2.40. The lowest BCUT2D eigenvalue weighted by molar-refractivity contribution is -0.133. The predicted octanol–water partition coefficient (Wildman–Crippen LogP) is 3.38. The number of alkyl halides is 2. The van der Waals surface area contributed by atoms with E-state index in [-0.39, 0.29) is 20.9 Å². The molecule has 1 aromatic heterocycles. The van der Waals surface area contributed by atoms with Crippen LogP contribution >= 0.6 is 27.7 Å². The van der Waals surface area contributed by atoms with Crippen molar-refractivity contribution in [2.45, 2.75) is 18.1 Å². The maximum atomic E-state index is 13.4. The minimum atomic E-state index is -2.62. The summed E-state index contributed by atoms with van der Waals surface area (Å²) in [5.41, 5.74) is 0.533. The van der Waals surface area contributed by atoms with Gasteiger partial charge < -0.3 is 9.67 Å². The van der Waals surface area contributed by atoms with Gasteiger partial charge in [0.25, 0.3) is 6.43 Å². The number of benzene rings is 1. The quantitative estimate of drug-likeness (QED) is 0.822. The summed E-state index contributed by atoms with van der Waals surface area (Å²) in [4.78, 5) is 14.6. The predicted molar refractivity (Wildman–Crippen MR) is 71.8 cm³/mol. The van der Waals surface area contributed by atoms with Gasteiger partial charge in [-0.2, -0.15) is 0 Å². The van der Waals surface area contributed by atoms with Crippen molar-refractivity contribution in [1.82, 2.24) is 9.55 Å². The molecule has 0 saturated carbocycles. The number of carboxylic acids is 1. The number of aromatic nitrogens is 2. The van der Waals surface area contributed by atoms with Crippen molar-refractivity contribution < 1.29 is 23.1 Å². The third-order valence-corrected chi connectivity index (χ3v) is 3.97. The average molecular weight is 369 g/mol. The van der Waals surface area contributed by atoms with E-state index >= 15 is 0 Å². The summed E-state index contributed by atoms with van der Waals surface area (Å²) in [6.45, 7) is -0.628. The van der Waals surface area contributed by atoms with E-state index < -0.39 is 24.8 Å². The maximum absolute atomic E-state index is 13.4. The summed E-state index contributed by atoms with van der Waals surface area (Å²) in [6.07, 6.45) is -2.62. The van der Waals surface area contributed by atoms with Crippen LogP contribution in [0, 0.1) is 5.82 Å². The van der Waals surface area contributed by atoms with Crippen LogP contribution < -0.4 is 0 Å². The molecular weight excluding hydrogens is 361 g/mol. The van der Waals surface area contributed by atoms with Crippen LogP contribution in [-0.2, 0) is 11.3 Å². The van der Waals surface area contributed by atoms with E-state index in [4.69, 9.17) is 5.11 Å². The fourth-order valence-electron chi connectivity index (χ4n) is 1.65. The lowest BCUT2D eigenvalue weighted by Gasteiger charge is -2.07. The first-order valence-corrected chi connectivity index (χ1v) is 7.14. The Morgan fingerprint density at radius 3 is 2.80 bits per heavy atom. The summed E-state index contributed by atoms with van der Waals surface area (Å²) >= 11 is 3.80. The summed E-state index contributed by atoms with van der Waals surface area (Å²) in [5.74, 6) is -1.96. The van der Waals surface area contributed by atoms with Crippen molar-refractivity contribution in [2.24, 2.45) is 0 Å². The molecule has 2 aromatic rings. The lowest BCUT2D eigenvalue weighted by Crippen LogP contribution is -2.09. The molecule has 1 N–H and O–H groups in total. The Hall–Kier alpha value is -1.22. The Balaban J connectivity index is 2.51. The highest BCUT2D eigenvalue weighted by Crippen LogP contribution is 2.28. The van der Waals surface area contributed by atoms with Crippen molar-refractivity contribution in [3.63, 3.8) is 0 Å². The number of carboxylic acid groups (broad SMARTS) is 1. The van der Waals surface area contributed by atoms with Crippen LogP contribution in [0.25, 0.3) is 11.0 Å². The fraction of sp³-hybridized carbons (Fsp3) is 0.273. The van der Waals surface area contributed by atoms with Gasteiger partial charge in [-0.25, -0.2) is 18.2 Å². The molecule has 20 heavy (non-hydrogen) atoms. The van der Waals surface area contributed by atoms with Crippen LogP contribution in [0.3, 0.4) is 0 Å². The maximum Gasteiger partial charge on any atom is 0.313 e. The van der Waals surface area contributed by atoms with Crippen molar-refractivity contribution >= 4 is 44.7 Å². The Morgan fingerprint density at radius 1 is 1.50 bits per heavy atom. The molecule has 0 aliphatic heterocycles. The highest BCUT2D eigenvalue weighted by molar-refractivity contribution is 9.10. The van der Waals surface area contributed by atoms with E-state index in [1.54, 1.807) is 0 Å². The van der Waals surface area contributed by atoms with Crippen LogP contribution in [0.1, 0.15) is 0 Å².